The molecule has 1 saturated carbocycles. The van der Waals surface area contributed by atoms with Gasteiger partial charge >= 0.3 is 0 Å². The minimum absolute atomic E-state index is 0.0172. The first-order valence-corrected chi connectivity index (χ1v) is 12.9. The fourth-order valence-electron chi connectivity index (χ4n) is 4.50. The standard InChI is InChI=1S/C27H29Cl2FN4O2/c1-17(2)14-33(26(36)19-5-3-4-6-19)16-25(35)32-27-31-24(18-7-9-20(28)10-8-18)15-34(27)21-11-12-23(30)22(29)13-21/h7-13,15,17,19H,3-6,14,16H2,1-2H3,(H,31,32,35). The maximum atomic E-state index is 13.8. The Morgan fingerprint density at radius 1 is 1.14 bits per heavy atom. The van der Waals surface area contributed by atoms with Crippen molar-refractivity contribution in [2.75, 3.05) is 18.4 Å². The van der Waals surface area contributed by atoms with Crippen LogP contribution < -0.4 is 5.32 Å². The van der Waals surface area contributed by atoms with E-state index in [2.05, 4.69) is 10.3 Å². The highest BCUT2D eigenvalue weighted by Crippen LogP contribution is 2.29. The van der Waals surface area contributed by atoms with Crippen LogP contribution in [-0.4, -0.2) is 39.4 Å². The summed E-state index contributed by atoms with van der Waals surface area (Å²) in [5, 5.41) is 3.40. The number of aromatic nitrogens is 2. The first-order chi connectivity index (χ1) is 17.2. The Balaban J connectivity index is 1.62. The lowest BCUT2D eigenvalue weighted by molar-refractivity contribution is -0.138. The van der Waals surface area contributed by atoms with Gasteiger partial charge in [0.25, 0.3) is 0 Å². The normalized spacial score (nSPS) is 13.8. The Morgan fingerprint density at radius 2 is 1.83 bits per heavy atom. The minimum atomic E-state index is -0.543. The zero-order valence-corrected chi connectivity index (χ0v) is 21.8. The largest absolute Gasteiger partial charge is 0.333 e. The van der Waals surface area contributed by atoms with E-state index in [0.29, 0.717) is 22.9 Å². The molecule has 190 valence electrons. The number of amides is 2. The molecule has 3 aromatic rings. The molecule has 4 rings (SSSR count). The van der Waals surface area contributed by atoms with Crippen LogP contribution >= 0.6 is 23.2 Å². The van der Waals surface area contributed by atoms with Crippen molar-refractivity contribution in [2.45, 2.75) is 39.5 Å². The molecule has 6 nitrogen and oxygen atoms in total. The summed E-state index contributed by atoms with van der Waals surface area (Å²) >= 11 is 12.0. The van der Waals surface area contributed by atoms with Crippen LogP contribution in [0.15, 0.2) is 48.7 Å². The molecule has 9 heteroatoms. The minimum Gasteiger partial charge on any atom is -0.333 e. The zero-order valence-electron chi connectivity index (χ0n) is 20.3. The summed E-state index contributed by atoms with van der Waals surface area (Å²) in [6.07, 6.45) is 5.56. The second kappa shape index (κ2) is 11.4. The molecule has 0 radical (unpaired) electrons. The number of nitrogens with one attached hydrogen (secondary N) is 1. The molecule has 1 aliphatic rings. The molecule has 1 aromatic heterocycles. The van der Waals surface area contributed by atoms with Gasteiger partial charge in [-0.3, -0.25) is 19.5 Å². The quantitative estimate of drug-likeness (QED) is 0.356. The molecule has 1 aliphatic carbocycles. The lowest BCUT2D eigenvalue weighted by atomic mass is 10.1. The van der Waals surface area contributed by atoms with Gasteiger partial charge in [0.15, 0.2) is 0 Å². The molecule has 1 heterocycles. The predicted octanol–water partition coefficient (Wildman–Crippen LogP) is 6.60. The molecule has 0 aliphatic heterocycles. The van der Waals surface area contributed by atoms with Crippen LogP contribution in [0.1, 0.15) is 39.5 Å². The fourth-order valence-corrected chi connectivity index (χ4v) is 4.80. The van der Waals surface area contributed by atoms with E-state index in [1.165, 1.54) is 12.1 Å². The number of benzene rings is 2. The molecule has 0 atom stereocenters. The molecule has 0 spiro atoms. The van der Waals surface area contributed by atoms with E-state index >= 15 is 0 Å². The van der Waals surface area contributed by atoms with E-state index in [1.54, 1.807) is 33.9 Å². The van der Waals surface area contributed by atoms with Gasteiger partial charge in [-0.05, 0) is 49.1 Å². The Bertz CT molecular complexity index is 1240. The lowest BCUT2D eigenvalue weighted by Crippen LogP contribution is -2.43. The molecule has 0 saturated heterocycles. The summed E-state index contributed by atoms with van der Waals surface area (Å²) in [7, 11) is 0. The van der Waals surface area contributed by atoms with E-state index in [4.69, 9.17) is 23.2 Å². The van der Waals surface area contributed by atoms with Crippen molar-refractivity contribution in [1.29, 1.82) is 0 Å². The molecule has 1 N–H and O–H groups in total. The number of carbonyl (C=O) groups is 2. The van der Waals surface area contributed by atoms with Crippen LogP contribution in [0.25, 0.3) is 16.9 Å². The van der Waals surface area contributed by atoms with E-state index in [-0.39, 0.29) is 41.2 Å². The number of carbonyl (C=O) groups excluding carboxylic acids is 2. The predicted molar refractivity (Wildman–Crippen MR) is 141 cm³/mol. The number of imidazole rings is 1. The van der Waals surface area contributed by atoms with Gasteiger partial charge in [0.05, 0.1) is 22.9 Å². The summed E-state index contributed by atoms with van der Waals surface area (Å²) in [5.41, 5.74) is 1.91. The second-order valence-electron chi connectivity index (χ2n) is 9.57. The monoisotopic (exact) mass is 530 g/mol. The first kappa shape index (κ1) is 26.2. The van der Waals surface area contributed by atoms with Crippen LogP contribution in [0.2, 0.25) is 10.0 Å². The smallest absolute Gasteiger partial charge is 0.246 e. The van der Waals surface area contributed by atoms with Crippen LogP contribution in [0, 0.1) is 17.7 Å². The number of nitrogens with zero attached hydrogens (tertiary/aromatic N) is 3. The van der Waals surface area contributed by atoms with E-state index in [9.17, 15) is 14.0 Å². The van der Waals surface area contributed by atoms with Crippen molar-refractivity contribution < 1.29 is 14.0 Å². The van der Waals surface area contributed by atoms with Gasteiger partial charge in [0, 0.05) is 29.2 Å². The van der Waals surface area contributed by atoms with Gasteiger partial charge in [-0.15, -0.1) is 0 Å². The van der Waals surface area contributed by atoms with E-state index in [1.807, 2.05) is 26.0 Å². The second-order valence-corrected chi connectivity index (χ2v) is 10.4. The van der Waals surface area contributed by atoms with E-state index < -0.39 is 5.82 Å². The number of rotatable bonds is 8. The van der Waals surface area contributed by atoms with Gasteiger partial charge in [-0.2, -0.15) is 0 Å². The average Bonchev–Trinajstić information content (AvgIpc) is 3.51. The third-order valence-corrected chi connectivity index (χ3v) is 6.76. The highest BCUT2D eigenvalue weighted by atomic mass is 35.5. The summed E-state index contributed by atoms with van der Waals surface area (Å²) in [5.74, 6) is -0.416. The molecule has 0 bridgehead atoms. The summed E-state index contributed by atoms with van der Waals surface area (Å²) in [6, 6.07) is 11.4. The molecular formula is C27H29Cl2FN4O2. The molecule has 0 unspecified atom stereocenters. The first-order valence-electron chi connectivity index (χ1n) is 12.1. The third-order valence-electron chi connectivity index (χ3n) is 6.21. The Kier molecular flexibility index (Phi) is 8.32. The van der Waals surface area contributed by atoms with Crippen molar-refractivity contribution in [3.05, 3.63) is 64.5 Å². The molecule has 2 aromatic carbocycles. The topological polar surface area (TPSA) is 67.2 Å². The Labute approximate surface area is 220 Å². The SMILES string of the molecule is CC(C)CN(CC(=O)Nc1nc(-c2ccc(Cl)cc2)cn1-c1ccc(F)c(Cl)c1)C(=O)C1CCCC1. The van der Waals surface area contributed by atoms with Crippen LogP contribution in [0.3, 0.4) is 0 Å². The van der Waals surface area contributed by atoms with Crippen LogP contribution in [0.4, 0.5) is 10.3 Å². The Hall–Kier alpha value is -2.90. The Morgan fingerprint density at radius 3 is 2.47 bits per heavy atom. The number of hydrogen-bond donors (Lipinski definition) is 1. The average molecular weight is 531 g/mol. The van der Waals surface area contributed by atoms with Gasteiger partial charge in [-0.1, -0.05) is 62.0 Å². The maximum Gasteiger partial charge on any atom is 0.246 e. The summed E-state index contributed by atoms with van der Waals surface area (Å²) in [4.78, 5) is 32.5. The third kappa shape index (κ3) is 6.26. The van der Waals surface area contributed by atoms with Crippen molar-refractivity contribution in [3.8, 4) is 16.9 Å². The summed E-state index contributed by atoms with van der Waals surface area (Å²) < 4.78 is 15.4. The van der Waals surface area contributed by atoms with Crippen LogP contribution in [-0.2, 0) is 9.59 Å². The van der Waals surface area contributed by atoms with Crippen molar-refractivity contribution in [2.24, 2.45) is 11.8 Å². The van der Waals surface area contributed by atoms with Crippen LogP contribution in [0.5, 0.6) is 0 Å². The van der Waals surface area contributed by atoms with Gasteiger partial charge < -0.3 is 4.90 Å². The number of anilines is 1. The van der Waals surface area contributed by atoms with Crippen molar-refractivity contribution in [3.63, 3.8) is 0 Å². The highest BCUT2D eigenvalue weighted by molar-refractivity contribution is 6.31. The fraction of sp³-hybridized carbons (Fsp3) is 0.370. The van der Waals surface area contributed by atoms with Crippen molar-refractivity contribution in [1.82, 2.24) is 14.5 Å². The number of halogens is 3. The maximum absolute atomic E-state index is 13.8. The molecule has 36 heavy (non-hydrogen) atoms. The molecule has 2 amide bonds. The zero-order chi connectivity index (χ0) is 25.8. The van der Waals surface area contributed by atoms with Crippen molar-refractivity contribution >= 4 is 41.0 Å². The number of hydrogen-bond acceptors (Lipinski definition) is 3. The lowest BCUT2D eigenvalue weighted by Gasteiger charge is -2.26. The van der Waals surface area contributed by atoms with Gasteiger partial charge in [0.2, 0.25) is 17.8 Å². The van der Waals surface area contributed by atoms with Gasteiger partial charge in [0.1, 0.15) is 5.82 Å². The highest BCUT2D eigenvalue weighted by Gasteiger charge is 2.29. The molecular weight excluding hydrogens is 502 g/mol. The van der Waals surface area contributed by atoms with E-state index in [0.717, 1.165) is 31.2 Å². The summed E-state index contributed by atoms with van der Waals surface area (Å²) in [6.45, 7) is 4.48. The van der Waals surface area contributed by atoms with Gasteiger partial charge in [-0.25, -0.2) is 9.37 Å². The molecule has 1 fully saturated rings.